The Morgan fingerprint density at radius 2 is 2.04 bits per heavy atom. The van der Waals surface area contributed by atoms with Crippen LogP contribution in [0.1, 0.15) is 38.2 Å². The maximum Gasteiger partial charge on any atom is 0.319 e. The van der Waals surface area contributed by atoms with Gasteiger partial charge in [0, 0.05) is 49.7 Å². The van der Waals surface area contributed by atoms with Gasteiger partial charge in [0.2, 0.25) is 5.91 Å². The van der Waals surface area contributed by atoms with Crippen LogP contribution in [0.25, 0.3) is 32.9 Å². The zero-order valence-corrected chi connectivity index (χ0v) is 29.3. The van der Waals surface area contributed by atoms with Gasteiger partial charge in [0.1, 0.15) is 35.6 Å². The second-order valence-corrected chi connectivity index (χ2v) is 13.9. The number of nitrogens with zero attached hydrogens (tertiary/aromatic N) is 7. The van der Waals surface area contributed by atoms with Gasteiger partial charge >= 0.3 is 6.01 Å². The zero-order chi connectivity index (χ0) is 35.0. The first-order chi connectivity index (χ1) is 24.3. The van der Waals surface area contributed by atoms with Crippen LogP contribution in [0.3, 0.4) is 0 Å². The largest absolute Gasteiger partial charge is 0.461 e. The highest BCUT2D eigenvalue weighted by molar-refractivity contribution is 9.09. The number of alkyl halides is 2. The molecular weight excluding hydrogens is 711 g/mol. The minimum absolute atomic E-state index is 0.0203. The SMILES string of the molecule is CCc1c(F)ccc2cccc(-c3ncc4c(N5CCN(C(=O)/C=C/CBr)[C@@H](CC#N)C5)nc(OC[C@@]56CCCN5C[C@H](F)C6)nc4c3F)c12. The van der Waals surface area contributed by atoms with E-state index < -0.39 is 23.6 Å². The van der Waals surface area contributed by atoms with Crippen LogP contribution in [0, 0.1) is 23.0 Å². The molecule has 0 unspecified atom stereocenters. The highest BCUT2D eigenvalue weighted by Gasteiger charge is 2.49. The van der Waals surface area contributed by atoms with Crippen molar-refractivity contribution in [3.05, 3.63) is 65.9 Å². The molecule has 0 aliphatic carbocycles. The van der Waals surface area contributed by atoms with E-state index in [-0.39, 0.29) is 48.5 Å². The van der Waals surface area contributed by atoms with Gasteiger partial charge in [-0.3, -0.25) is 14.7 Å². The molecule has 260 valence electrons. The highest BCUT2D eigenvalue weighted by atomic mass is 79.9. The summed E-state index contributed by atoms with van der Waals surface area (Å²) in [7, 11) is 0. The predicted molar refractivity (Wildman–Crippen MR) is 189 cm³/mol. The summed E-state index contributed by atoms with van der Waals surface area (Å²) in [5, 5.41) is 11.9. The molecule has 3 aliphatic rings. The number of carbonyl (C=O) groups is 1. The molecule has 13 heteroatoms. The Balaban J connectivity index is 1.33. The van der Waals surface area contributed by atoms with Crippen molar-refractivity contribution >= 4 is 49.3 Å². The van der Waals surface area contributed by atoms with Gasteiger partial charge in [-0.25, -0.2) is 13.2 Å². The molecule has 0 N–H and O–H groups in total. The summed E-state index contributed by atoms with van der Waals surface area (Å²) in [6, 6.07) is 10.2. The number of allylic oxidation sites excluding steroid dienone is 1. The smallest absolute Gasteiger partial charge is 0.319 e. The molecule has 3 aliphatic heterocycles. The molecule has 0 bridgehead atoms. The van der Waals surface area contributed by atoms with E-state index in [2.05, 4.69) is 36.9 Å². The molecule has 3 fully saturated rings. The summed E-state index contributed by atoms with van der Waals surface area (Å²) < 4.78 is 52.8. The Kier molecular flexibility index (Phi) is 9.67. The molecule has 0 spiro atoms. The first kappa shape index (κ1) is 34.2. The van der Waals surface area contributed by atoms with Gasteiger partial charge in [0.25, 0.3) is 0 Å². The van der Waals surface area contributed by atoms with E-state index in [4.69, 9.17) is 9.72 Å². The number of pyridine rings is 1. The van der Waals surface area contributed by atoms with Crippen molar-refractivity contribution in [2.75, 3.05) is 49.6 Å². The van der Waals surface area contributed by atoms with Gasteiger partial charge in [-0.05, 0) is 54.3 Å². The number of rotatable bonds is 9. The van der Waals surface area contributed by atoms with E-state index >= 15 is 8.78 Å². The normalized spacial score (nSPS) is 22.5. The maximum absolute atomic E-state index is 17.0. The summed E-state index contributed by atoms with van der Waals surface area (Å²) in [6.45, 7) is 4.08. The summed E-state index contributed by atoms with van der Waals surface area (Å²) in [5.74, 6) is -0.909. The average Bonchev–Trinajstić information content (AvgIpc) is 3.65. The topological polar surface area (TPSA) is 98.5 Å². The lowest BCUT2D eigenvalue weighted by atomic mass is 9.95. The molecule has 1 amide bonds. The zero-order valence-electron chi connectivity index (χ0n) is 27.7. The average molecular weight is 749 g/mol. The van der Waals surface area contributed by atoms with E-state index in [1.165, 1.54) is 18.3 Å². The van der Waals surface area contributed by atoms with Crippen LogP contribution >= 0.6 is 15.9 Å². The third-order valence-electron chi connectivity index (χ3n) is 10.3. The quantitative estimate of drug-likeness (QED) is 0.141. The molecule has 4 aromatic rings. The fourth-order valence-electron chi connectivity index (χ4n) is 7.99. The first-order valence-electron chi connectivity index (χ1n) is 17.0. The number of halogens is 4. The van der Waals surface area contributed by atoms with Crippen molar-refractivity contribution in [2.45, 2.75) is 56.8 Å². The molecule has 0 saturated carbocycles. The number of carbonyl (C=O) groups excluding carboxylic acids is 1. The molecule has 3 saturated heterocycles. The lowest BCUT2D eigenvalue weighted by molar-refractivity contribution is -0.128. The Labute approximate surface area is 296 Å². The van der Waals surface area contributed by atoms with Crippen LogP contribution in [0.2, 0.25) is 0 Å². The summed E-state index contributed by atoms with van der Waals surface area (Å²) in [5.41, 5.74) is 0.436. The summed E-state index contributed by atoms with van der Waals surface area (Å²) in [4.78, 5) is 32.6. The fraction of sp³-hybridized carbons (Fsp3) is 0.432. The maximum atomic E-state index is 17.0. The minimum atomic E-state index is -0.947. The number of hydrogen-bond donors (Lipinski definition) is 0. The van der Waals surface area contributed by atoms with E-state index in [0.717, 1.165) is 24.8 Å². The number of piperazine rings is 1. The van der Waals surface area contributed by atoms with Crippen LogP contribution < -0.4 is 9.64 Å². The summed E-state index contributed by atoms with van der Waals surface area (Å²) >= 11 is 3.30. The third-order valence-corrected chi connectivity index (χ3v) is 10.7. The molecule has 0 radical (unpaired) electrons. The standard InChI is InChI=1S/C37H37BrF3N7O2/c1-2-26-29(40)10-9-23-6-3-7-27(31(23)26)33-32(41)34-28(19-43-33)35(46-16-17-48(25(21-46)11-14-42)30(49)8-4-13-38)45-36(44-34)50-22-37-12-5-15-47(37)20-24(39)18-37/h3-4,6-10,19,24-25H,2,5,11-13,15-18,20-22H2,1H3/b8-4+/t24-,25+,37+/m1/s1. The number of benzene rings is 2. The molecule has 5 heterocycles. The minimum Gasteiger partial charge on any atom is -0.461 e. The van der Waals surface area contributed by atoms with Gasteiger partial charge in [-0.2, -0.15) is 15.2 Å². The van der Waals surface area contributed by atoms with E-state index in [1.54, 1.807) is 29.2 Å². The number of fused-ring (bicyclic) bond motifs is 3. The summed E-state index contributed by atoms with van der Waals surface area (Å²) in [6.07, 6.45) is 6.33. The monoisotopic (exact) mass is 747 g/mol. The number of anilines is 1. The van der Waals surface area contributed by atoms with Crippen LogP contribution in [0.4, 0.5) is 19.0 Å². The van der Waals surface area contributed by atoms with Crippen molar-refractivity contribution in [3.8, 4) is 23.3 Å². The highest BCUT2D eigenvalue weighted by Crippen LogP contribution is 2.41. The Bertz CT molecular complexity index is 2020. The molecular formula is C37H37BrF3N7O2. The molecule has 3 atom stereocenters. The second kappa shape index (κ2) is 14.2. The number of aryl methyl sites for hydroxylation is 1. The molecule has 2 aromatic heterocycles. The van der Waals surface area contributed by atoms with Gasteiger partial charge in [-0.15, -0.1) is 0 Å². The van der Waals surface area contributed by atoms with Crippen molar-refractivity contribution in [1.82, 2.24) is 24.8 Å². The van der Waals surface area contributed by atoms with Crippen LogP contribution in [0.5, 0.6) is 6.01 Å². The van der Waals surface area contributed by atoms with Crippen molar-refractivity contribution in [1.29, 1.82) is 5.26 Å². The lowest BCUT2D eigenvalue weighted by Gasteiger charge is -2.41. The Hall–Kier alpha value is -4.28. The van der Waals surface area contributed by atoms with Gasteiger partial charge < -0.3 is 14.5 Å². The van der Waals surface area contributed by atoms with Gasteiger partial charge in [0.05, 0.1) is 29.5 Å². The van der Waals surface area contributed by atoms with E-state index in [0.29, 0.717) is 65.5 Å². The number of aromatic nitrogens is 3. The third kappa shape index (κ3) is 6.17. The van der Waals surface area contributed by atoms with Gasteiger partial charge in [-0.1, -0.05) is 53.2 Å². The molecule has 2 aromatic carbocycles. The van der Waals surface area contributed by atoms with E-state index in [1.807, 2.05) is 17.9 Å². The number of amides is 1. The van der Waals surface area contributed by atoms with Crippen LogP contribution in [-0.2, 0) is 11.2 Å². The Morgan fingerprint density at radius 3 is 2.84 bits per heavy atom. The van der Waals surface area contributed by atoms with Crippen LogP contribution in [-0.4, -0.2) is 93.1 Å². The van der Waals surface area contributed by atoms with Crippen molar-refractivity contribution < 1.29 is 22.7 Å². The predicted octanol–water partition coefficient (Wildman–Crippen LogP) is 6.52. The van der Waals surface area contributed by atoms with E-state index in [9.17, 15) is 14.4 Å². The lowest BCUT2D eigenvalue weighted by Crippen LogP contribution is -2.55. The number of hydrogen-bond acceptors (Lipinski definition) is 8. The molecule has 9 nitrogen and oxygen atoms in total. The fourth-order valence-corrected chi connectivity index (χ4v) is 8.18. The van der Waals surface area contributed by atoms with Crippen LogP contribution in [0.15, 0.2) is 48.7 Å². The number of nitriles is 1. The number of ether oxygens (including phenoxy) is 1. The van der Waals surface area contributed by atoms with Crippen molar-refractivity contribution in [2.24, 2.45) is 0 Å². The Morgan fingerprint density at radius 1 is 1.18 bits per heavy atom. The van der Waals surface area contributed by atoms with Crippen molar-refractivity contribution in [3.63, 3.8) is 0 Å². The molecule has 7 rings (SSSR count). The van der Waals surface area contributed by atoms with Gasteiger partial charge in [0.15, 0.2) is 5.82 Å². The first-order valence-corrected chi connectivity index (χ1v) is 18.1. The second-order valence-electron chi connectivity index (χ2n) is 13.2. The molecule has 50 heavy (non-hydrogen) atoms.